The second-order valence-corrected chi connectivity index (χ2v) is 3.03. The van der Waals surface area contributed by atoms with Gasteiger partial charge in [0.05, 0.1) is 5.57 Å². The molecule has 3 heteroatoms. The average molecular weight is 208 g/mol. The van der Waals surface area contributed by atoms with Crippen molar-refractivity contribution < 1.29 is 14.3 Å². The maximum absolute atomic E-state index is 11.3. The van der Waals surface area contributed by atoms with Crippen LogP contribution in [0.3, 0.4) is 0 Å². The summed E-state index contributed by atoms with van der Waals surface area (Å²) in [4.78, 5) is 22.6. The molecule has 0 radical (unpaired) electrons. The first-order chi connectivity index (χ1) is 7.02. The van der Waals surface area contributed by atoms with Crippen LogP contribution in [-0.4, -0.2) is 11.9 Å². The summed E-state index contributed by atoms with van der Waals surface area (Å²) < 4.78 is 4.61. The lowest BCUT2D eigenvalue weighted by Gasteiger charge is -2.01. The molecule has 0 atom stereocenters. The van der Waals surface area contributed by atoms with Gasteiger partial charge in [-0.1, -0.05) is 13.0 Å². The molecule has 0 saturated carbocycles. The van der Waals surface area contributed by atoms with E-state index in [-0.39, 0.29) is 5.57 Å². The predicted molar refractivity (Wildman–Crippen MR) is 58.1 cm³/mol. The average Bonchev–Trinajstić information content (AvgIpc) is 2.18. The molecule has 0 heterocycles. The van der Waals surface area contributed by atoms with Crippen LogP contribution in [0.1, 0.15) is 34.1 Å². The van der Waals surface area contributed by atoms with Crippen molar-refractivity contribution in [2.24, 2.45) is 0 Å². The molecule has 0 rings (SSSR count). The largest absolute Gasteiger partial charge is 0.386 e. The standard InChI is InChI=1S/C12H16O3/c1-5-7-9(3)11(13)15-12(14)10(4)8-6-2/h5,8H,6H2,1-4H3. The Balaban J connectivity index is 4.51. The van der Waals surface area contributed by atoms with Gasteiger partial charge in [0.1, 0.15) is 0 Å². The Morgan fingerprint density at radius 3 is 2.33 bits per heavy atom. The summed E-state index contributed by atoms with van der Waals surface area (Å²) in [7, 11) is 0. The summed E-state index contributed by atoms with van der Waals surface area (Å²) in [5.74, 6) is -1.25. The second kappa shape index (κ2) is 6.80. The van der Waals surface area contributed by atoms with Gasteiger partial charge in [-0.3, -0.25) is 0 Å². The molecular weight excluding hydrogens is 192 g/mol. The molecule has 0 amide bonds. The molecule has 0 aromatic rings. The highest BCUT2D eigenvalue weighted by Gasteiger charge is 2.12. The fourth-order valence-corrected chi connectivity index (χ4v) is 0.906. The third-order valence-corrected chi connectivity index (χ3v) is 1.68. The van der Waals surface area contributed by atoms with Crippen LogP contribution in [0.25, 0.3) is 0 Å². The van der Waals surface area contributed by atoms with Crippen LogP contribution in [0.5, 0.6) is 0 Å². The molecule has 0 unspecified atom stereocenters. The van der Waals surface area contributed by atoms with Crippen molar-refractivity contribution in [3.05, 3.63) is 29.0 Å². The summed E-state index contributed by atoms with van der Waals surface area (Å²) in [5.41, 5.74) is 3.40. The second-order valence-electron chi connectivity index (χ2n) is 3.03. The van der Waals surface area contributed by atoms with Crippen LogP contribution in [0.4, 0.5) is 0 Å². The molecule has 0 bridgehead atoms. The zero-order chi connectivity index (χ0) is 11.8. The Labute approximate surface area is 90.1 Å². The van der Waals surface area contributed by atoms with Crippen molar-refractivity contribution in [1.82, 2.24) is 0 Å². The maximum Gasteiger partial charge on any atom is 0.349 e. The van der Waals surface area contributed by atoms with Gasteiger partial charge in [0, 0.05) is 5.57 Å². The molecule has 82 valence electrons. The Morgan fingerprint density at radius 1 is 1.27 bits per heavy atom. The van der Waals surface area contributed by atoms with Crippen molar-refractivity contribution in [3.8, 4) is 0 Å². The third-order valence-electron chi connectivity index (χ3n) is 1.68. The fraction of sp³-hybridized carbons (Fsp3) is 0.417. The van der Waals surface area contributed by atoms with E-state index in [0.29, 0.717) is 5.57 Å². The number of esters is 2. The van der Waals surface area contributed by atoms with E-state index in [2.05, 4.69) is 10.5 Å². The first kappa shape index (κ1) is 13.4. The number of hydrogen-bond acceptors (Lipinski definition) is 3. The topological polar surface area (TPSA) is 43.4 Å². The molecule has 0 N–H and O–H groups in total. The van der Waals surface area contributed by atoms with Crippen molar-refractivity contribution in [3.63, 3.8) is 0 Å². The molecule has 0 spiro atoms. The van der Waals surface area contributed by atoms with Crippen molar-refractivity contribution >= 4 is 11.9 Å². The molecule has 0 aromatic heterocycles. The Kier molecular flexibility index (Phi) is 6.07. The minimum absolute atomic E-state index is 0.287. The lowest BCUT2D eigenvalue weighted by molar-refractivity contribution is -0.153. The minimum Gasteiger partial charge on any atom is -0.386 e. The van der Waals surface area contributed by atoms with Gasteiger partial charge in [0.2, 0.25) is 0 Å². The fourth-order valence-electron chi connectivity index (χ4n) is 0.906. The number of hydrogen-bond donors (Lipinski definition) is 0. The highest BCUT2D eigenvalue weighted by atomic mass is 16.6. The van der Waals surface area contributed by atoms with E-state index < -0.39 is 11.9 Å². The Bertz CT molecular complexity index is 342. The summed E-state index contributed by atoms with van der Waals surface area (Å²) in [6, 6.07) is 0. The van der Waals surface area contributed by atoms with E-state index >= 15 is 0 Å². The highest BCUT2D eigenvalue weighted by Crippen LogP contribution is 2.02. The maximum atomic E-state index is 11.3. The van der Waals surface area contributed by atoms with Crippen molar-refractivity contribution in [1.29, 1.82) is 0 Å². The molecule has 0 aliphatic heterocycles. The summed E-state index contributed by atoms with van der Waals surface area (Å²) in [5, 5.41) is 0. The molecule has 0 saturated heterocycles. The molecule has 3 nitrogen and oxygen atoms in total. The minimum atomic E-state index is -0.651. The molecule has 15 heavy (non-hydrogen) atoms. The van der Waals surface area contributed by atoms with E-state index in [1.54, 1.807) is 32.9 Å². The van der Waals surface area contributed by atoms with E-state index in [1.807, 2.05) is 6.92 Å². The zero-order valence-corrected chi connectivity index (χ0v) is 9.59. The van der Waals surface area contributed by atoms with Crippen LogP contribution in [0.2, 0.25) is 0 Å². The number of rotatable bonds is 3. The van der Waals surface area contributed by atoms with E-state index in [9.17, 15) is 9.59 Å². The summed E-state index contributed by atoms with van der Waals surface area (Å²) in [6.45, 7) is 6.81. The highest BCUT2D eigenvalue weighted by molar-refractivity contribution is 6.01. The van der Waals surface area contributed by atoms with E-state index in [0.717, 1.165) is 6.42 Å². The van der Waals surface area contributed by atoms with E-state index in [4.69, 9.17) is 0 Å². The molecular formula is C12H16O3. The smallest absolute Gasteiger partial charge is 0.349 e. The van der Waals surface area contributed by atoms with Gasteiger partial charge in [-0.05, 0) is 33.3 Å². The number of carbonyl (C=O) groups is 2. The SMILES string of the molecule is CC=C=C(C)C(=O)OC(=O)C(C)=CCC. The monoisotopic (exact) mass is 208 g/mol. The first-order valence-corrected chi connectivity index (χ1v) is 4.84. The lowest BCUT2D eigenvalue weighted by atomic mass is 10.2. The first-order valence-electron chi connectivity index (χ1n) is 4.84. The van der Waals surface area contributed by atoms with Crippen LogP contribution in [0.15, 0.2) is 29.0 Å². The van der Waals surface area contributed by atoms with Gasteiger partial charge < -0.3 is 4.74 Å². The van der Waals surface area contributed by atoms with Gasteiger partial charge in [-0.2, -0.15) is 0 Å². The Hall–Kier alpha value is -1.60. The molecule has 0 aliphatic carbocycles. The predicted octanol–water partition coefficient (Wildman–Crippen LogP) is 2.53. The summed E-state index contributed by atoms with van der Waals surface area (Å²) in [6.07, 6.45) is 4.04. The number of ether oxygens (including phenoxy) is 1. The molecule has 0 aliphatic rings. The molecule has 0 fully saturated rings. The van der Waals surface area contributed by atoms with Crippen molar-refractivity contribution in [2.45, 2.75) is 34.1 Å². The van der Waals surface area contributed by atoms with Crippen LogP contribution < -0.4 is 0 Å². The quantitative estimate of drug-likeness (QED) is 0.310. The lowest BCUT2D eigenvalue weighted by Crippen LogP contribution is -2.13. The van der Waals surface area contributed by atoms with Crippen molar-refractivity contribution in [2.75, 3.05) is 0 Å². The van der Waals surface area contributed by atoms with Gasteiger partial charge in [-0.15, -0.1) is 5.73 Å². The molecule has 0 aromatic carbocycles. The van der Waals surface area contributed by atoms with Crippen LogP contribution in [-0.2, 0) is 14.3 Å². The van der Waals surface area contributed by atoms with Gasteiger partial charge >= 0.3 is 11.9 Å². The van der Waals surface area contributed by atoms with Crippen LogP contribution >= 0.6 is 0 Å². The van der Waals surface area contributed by atoms with Gasteiger partial charge in [0.15, 0.2) is 0 Å². The number of carbonyl (C=O) groups excluding carboxylic acids is 2. The van der Waals surface area contributed by atoms with Gasteiger partial charge in [0.25, 0.3) is 0 Å². The Morgan fingerprint density at radius 2 is 1.87 bits per heavy atom. The normalized spacial score (nSPS) is 10.3. The van der Waals surface area contributed by atoms with Gasteiger partial charge in [-0.25, -0.2) is 9.59 Å². The van der Waals surface area contributed by atoms with Crippen LogP contribution in [0, 0.1) is 0 Å². The van der Waals surface area contributed by atoms with E-state index in [1.165, 1.54) is 0 Å². The number of allylic oxidation sites excluding steroid dienone is 1. The third kappa shape index (κ3) is 4.99. The zero-order valence-electron chi connectivity index (χ0n) is 9.59. The summed E-state index contributed by atoms with van der Waals surface area (Å²) >= 11 is 0.